The van der Waals surface area contributed by atoms with Crippen LogP contribution in [-0.4, -0.2) is 20.7 Å². The zero-order chi connectivity index (χ0) is 14.1. The summed E-state index contributed by atoms with van der Waals surface area (Å²) >= 11 is 0. The summed E-state index contributed by atoms with van der Waals surface area (Å²) in [5.41, 5.74) is 1.72. The van der Waals surface area contributed by atoms with E-state index in [1.807, 2.05) is 49.4 Å². The van der Waals surface area contributed by atoms with E-state index in [9.17, 15) is 4.79 Å². The van der Waals surface area contributed by atoms with Crippen LogP contribution in [0.3, 0.4) is 0 Å². The van der Waals surface area contributed by atoms with Crippen molar-refractivity contribution in [2.45, 2.75) is 13.8 Å². The third kappa shape index (κ3) is 2.25. The molecule has 1 N–H and O–H groups in total. The molecular formula is C15H14N4O. The highest BCUT2D eigenvalue weighted by atomic mass is 16.1. The Morgan fingerprint density at radius 3 is 2.80 bits per heavy atom. The van der Waals surface area contributed by atoms with Gasteiger partial charge in [0.25, 0.3) is 0 Å². The van der Waals surface area contributed by atoms with Crippen LogP contribution in [0.15, 0.2) is 42.5 Å². The van der Waals surface area contributed by atoms with Crippen LogP contribution in [0.25, 0.3) is 16.7 Å². The maximum Gasteiger partial charge on any atom is 0.222 e. The van der Waals surface area contributed by atoms with Crippen molar-refractivity contribution < 1.29 is 4.79 Å². The van der Waals surface area contributed by atoms with Crippen molar-refractivity contribution in [3.05, 3.63) is 48.2 Å². The first-order chi connectivity index (χ1) is 9.63. The molecule has 5 nitrogen and oxygen atoms in total. The Hall–Kier alpha value is -2.69. The van der Waals surface area contributed by atoms with E-state index in [0.29, 0.717) is 11.6 Å². The summed E-state index contributed by atoms with van der Waals surface area (Å²) in [5.74, 6) is 1.17. The number of nitrogens with zero attached hydrogens (tertiary/aromatic N) is 3. The topological polar surface area (TPSA) is 59.8 Å². The standard InChI is InChI=1S/C15H14N4O/c1-10-9-15(16-11(2)20)19(18-10)14-8-7-12-5-3-4-6-13(12)17-14/h3-9H,1-2H3,(H,16,20). The van der Waals surface area contributed by atoms with Gasteiger partial charge in [0.15, 0.2) is 5.82 Å². The van der Waals surface area contributed by atoms with Crippen molar-refractivity contribution in [1.82, 2.24) is 14.8 Å². The molecule has 3 aromatic rings. The van der Waals surface area contributed by atoms with Crippen LogP contribution in [0.2, 0.25) is 0 Å². The monoisotopic (exact) mass is 266 g/mol. The molecule has 0 atom stereocenters. The van der Waals surface area contributed by atoms with E-state index < -0.39 is 0 Å². The summed E-state index contributed by atoms with van der Waals surface area (Å²) in [6, 6.07) is 13.6. The lowest BCUT2D eigenvalue weighted by Crippen LogP contribution is -2.11. The Labute approximate surface area is 116 Å². The summed E-state index contributed by atoms with van der Waals surface area (Å²) in [5, 5.41) is 8.21. The first-order valence-corrected chi connectivity index (χ1v) is 6.34. The highest BCUT2D eigenvalue weighted by Gasteiger charge is 2.10. The summed E-state index contributed by atoms with van der Waals surface area (Å²) in [6.07, 6.45) is 0. The molecule has 0 unspecified atom stereocenters. The minimum atomic E-state index is -0.132. The van der Waals surface area contributed by atoms with Crippen molar-refractivity contribution in [1.29, 1.82) is 0 Å². The molecule has 0 aliphatic heterocycles. The van der Waals surface area contributed by atoms with Crippen LogP contribution in [0.4, 0.5) is 5.82 Å². The second-order valence-corrected chi connectivity index (χ2v) is 4.63. The molecule has 0 radical (unpaired) electrons. The second kappa shape index (κ2) is 4.77. The van der Waals surface area contributed by atoms with Gasteiger partial charge in [-0.15, -0.1) is 0 Å². The third-order valence-corrected chi connectivity index (χ3v) is 2.94. The first-order valence-electron chi connectivity index (χ1n) is 6.34. The van der Waals surface area contributed by atoms with Crippen molar-refractivity contribution in [2.75, 3.05) is 5.32 Å². The predicted octanol–water partition coefficient (Wildman–Crippen LogP) is 2.69. The number of nitrogens with one attached hydrogen (secondary N) is 1. The number of aromatic nitrogens is 3. The number of amides is 1. The number of anilines is 1. The molecule has 2 heterocycles. The van der Waals surface area contributed by atoms with Gasteiger partial charge in [-0.2, -0.15) is 9.78 Å². The minimum Gasteiger partial charge on any atom is -0.311 e. The first kappa shape index (κ1) is 12.3. The largest absolute Gasteiger partial charge is 0.311 e. The van der Waals surface area contributed by atoms with Gasteiger partial charge in [0.1, 0.15) is 5.82 Å². The summed E-state index contributed by atoms with van der Waals surface area (Å²) < 4.78 is 1.64. The van der Waals surface area contributed by atoms with E-state index in [0.717, 1.165) is 16.6 Å². The smallest absolute Gasteiger partial charge is 0.222 e. The molecule has 1 amide bonds. The number of hydrogen-bond acceptors (Lipinski definition) is 3. The maximum absolute atomic E-state index is 11.2. The maximum atomic E-state index is 11.2. The highest BCUT2D eigenvalue weighted by Crippen LogP contribution is 2.18. The average molecular weight is 266 g/mol. The number of pyridine rings is 1. The molecule has 3 rings (SSSR count). The van der Waals surface area contributed by atoms with Gasteiger partial charge in [0.05, 0.1) is 11.2 Å². The SMILES string of the molecule is CC(=O)Nc1cc(C)nn1-c1ccc2ccccc2n1. The molecule has 0 saturated heterocycles. The van der Waals surface area contributed by atoms with Gasteiger partial charge in [-0.25, -0.2) is 4.98 Å². The van der Waals surface area contributed by atoms with Crippen LogP contribution in [-0.2, 0) is 4.79 Å². The van der Waals surface area contributed by atoms with E-state index in [2.05, 4.69) is 15.4 Å². The summed E-state index contributed by atoms with van der Waals surface area (Å²) in [4.78, 5) is 15.8. The minimum absolute atomic E-state index is 0.132. The van der Waals surface area contributed by atoms with E-state index in [-0.39, 0.29) is 5.91 Å². The van der Waals surface area contributed by atoms with Crippen LogP contribution in [0.5, 0.6) is 0 Å². The summed E-state index contributed by atoms with van der Waals surface area (Å²) in [6.45, 7) is 3.35. The molecule has 2 aromatic heterocycles. The van der Waals surface area contributed by atoms with E-state index in [1.54, 1.807) is 4.68 Å². The highest BCUT2D eigenvalue weighted by molar-refractivity contribution is 5.88. The van der Waals surface area contributed by atoms with Gasteiger partial charge in [-0.05, 0) is 25.1 Å². The zero-order valence-electron chi connectivity index (χ0n) is 11.3. The van der Waals surface area contributed by atoms with Crippen molar-refractivity contribution >= 4 is 22.6 Å². The van der Waals surface area contributed by atoms with Crippen LogP contribution in [0, 0.1) is 6.92 Å². The number of para-hydroxylation sites is 1. The molecule has 1 aromatic carbocycles. The predicted molar refractivity (Wildman–Crippen MR) is 77.9 cm³/mol. The van der Waals surface area contributed by atoms with Gasteiger partial charge in [0, 0.05) is 18.4 Å². The number of benzene rings is 1. The van der Waals surface area contributed by atoms with E-state index in [4.69, 9.17) is 0 Å². The lowest BCUT2D eigenvalue weighted by molar-refractivity contribution is -0.114. The number of carbonyl (C=O) groups excluding carboxylic acids is 1. The van der Waals surface area contributed by atoms with Crippen LogP contribution < -0.4 is 5.32 Å². The van der Waals surface area contributed by atoms with Gasteiger partial charge in [-0.3, -0.25) is 4.79 Å². The lowest BCUT2D eigenvalue weighted by atomic mass is 10.2. The molecule has 5 heteroatoms. The van der Waals surface area contributed by atoms with Gasteiger partial charge in [0.2, 0.25) is 5.91 Å². The third-order valence-electron chi connectivity index (χ3n) is 2.94. The number of hydrogen-bond donors (Lipinski definition) is 1. The number of fused-ring (bicyclic) bond motifs is 1. The Morgan fingerprint density at radius 1 is 1.20 bits per heavy atom. The van der Waals surface area contributed by atoms with E-state index >= 15 is 0 Å². The fourth-order valence-corrected chi connectivity index (χ4v) is 2.12. The fraction of sp³-hybridized carbons (Fsp3) is 0.133. The molecule has 0 fully saturated rings. The lowest BCUT2D eigenvalue weighted by Gasteiger charge is -2.07. The van der Waals surface area contributed by atoms with E-state index in [1.165, 1.54) is 6.92 Å². The molecule has 0 aliphatic rings. The van der Waals surface area contributed by atoms with Crippen molar-refractivity contribution in [3.8, 4) is 5.82 Å². The molecule has 100 valence electrons. The fourth-order valence-electron chi connectivity index (χ4n) is 2.12. The average Bonchev–Trinajstić information content (AvgIpc) is 2.78. The van der Waals surface area contributed by atoms with Crippen molar-refractivity contribution in [2.24, 2.45) is 0 Å². The molecule has 0 bridgehead atoms. The Morgan fingerprint density at radius 2 is 2.00 bits per heavy atom. The number of aryl methyl sites for hydroxylation is 1. The Bertz CT molecular complexity index is 791. The Balaban J connectivity index is 2.12. The molecular weight excluding hydrogens is 252 g/mol. The normalized spacial score (nSPS) is 10.7. The Kier molecular flexibility index (Phi) is 2.95. The van der Waals surface area contributed by atoms with Crippen molar-refractivity contribution in [3.63, 3.8) is 0 Å². The van der Waals surface area contributed by atoms with Gasteiger partial charge >= 0.3 is 0 Å². The summed E-state index contributed by atoms with van der Waals surface area (Å²) in [7, 11) is 0. The molecule has 0 spiro atoms. The van der Waals surface area contributed by atoms with Gasteiger partial charge < -0.3 is 5.32 Å². The molecule has 20 heavy (non-hydrogen) atoms. The second-order valence-electron chi connectivity index (χ2n) is 4.63. The molecule has 0 aliphatic carbocycles. The van der Waals surface area contributed by atoms with Crippen LogP contribution in [0.1, 0.15) is 12.6 Å². The zero-order valence-corrected chi connectivity index (χ0v) is 11.3. The number of rotatable bonds is 2. The quantitative estimate of drug-likeness (QED) is 0.775. The van der Waals surface area contributed by atoms with Gasteiger partial charge in [-0.1, -0.05) is 18.2 Å². The number of carbonyl (C=O) groups is 1. The molecule has 0 saturated carbocycles. The van der Waals surface area contributed by atoms with Crippen LogP contribution >= 0.6 is 0 Å².